The average molecular weight is 285 g/mol. The predicted molar refractivity (Wildman–Crippen MR) is 66.3 cm³/mol. The van der Waals surface area contributed by atoms with Crippen LogP contribution >= 0.6 is 15.9 Å². The highest BCUT2D eigenvalue weighted by Gasteiger charge is 2.25. The minimum absolute atomic E-state index is 0.306. The third-order valence-corrected chi connectivity index (χ3v) is 3.46. The van der Waals surface area contributed by atoms with Crippen molar-refractivity contribution in [2.24, 2.45) is 11.8 Å². The van der Waals surface area contributed by atoms with E-state index in [9.17, 15) is 0 Å². The summed E-state index contributed by atoms with van der Waals surface area (Å²) in [6.45, 7) is 4.59. The van der Waals surface area contributed by atoms with E-state index in [0.717, 1.165) is 29.3 Å². The third kappa shape index (κ3) is 3.17. The maximum atomic E-state index is 5.90. The van der Waals surface area contributed by atoms with Crippen LogP contribution in [0.5, 0.6) is 5.88 Å². The summed E-state index contributed by atoms with van der Waals surface area (Å²) in [7, 11) is 0. The Bertz CT molecular complexity index is 349. The van der Waals surface area contributed by atoms with Gasteiger partial charge < -0.3 is 4.74 Å². The van der Waals surface area contributed by atoms with Crippen molar-refractivity contribution in [2.45, 2.75) is 39.2 Å². The Balaban J connectivity index is 1.98. The number of halogens is 1. The van der Waals surface area contributed by atoms with Crippen LogP contribution < -0.4 is 4.74 Å². The lowest BCUT2D eigenvalue weighted by Gasteiger charge is -2.31. The van der Waals surface area contributed by atoms with Gasteiger partial charge in [0.25, 0.3) is 0 Å². The molecule has 1 aliphatic rings. The lowest BCUT2D eigenvalue weighted by molar-refractivity contribution is 0.0965. The van der Waals surface area contributed by atoms with Crippen LogP contribution in [0, 0.1) is 11.8 Å². The van der Waals surface area contributed by atoms with Crippen LogP contribution in [-0.4, -0.2) is 16.1 Å². The van der Waals surface area contributed by atoms with Crippen LogP contribution in [0.2, 0.25) is 0 Å². The zero-order valence-electron chi connectivity index (χ0n) is 9.69. The molecule has 1 saturated carbocycles. The summed E-state index contributed by atoms with van der Waals surface area (Å²) in [5.41, 5.74) is 0. The van der Waals surface area contributed by atoms with E-state index in [1.807, 2.05) is 6.07 Å². The summed E-state index contributed by atoms with van der Waals surface area (Å²) in [6.07, 6.45) is 5.40. The molecule has 1 aromatic heterocycles. The number of nitrogens with zero attached hydrogens (tertiary/aromatic N) is 2. The van der Waals surface area contributed by atoms with Gasteiger partial charge >= 0.3 is 0 Å². The zero-order chi connectivity index (χ0) is 11.5. The van der Waals surface area contributed by atoms with Crippen LogP contribution in [0.1, 0.15) is 33.1 Å². The molecule has 2 rings (SSSR count). The second-order valence-electron chi connectivity index (χ2n) is 4.84. The SMILES string of the molecule is CC1CC(C)CC(Oc2cc(Br)ncn2)C1. The molecule has 3 nitrogen and oxygen atoms in total. The fourth-order valence-electron chi connectivity index (χ4n) is 2.52. The molecule has 16 heavy (non-hydrogen) atoms. The molecule has 0 aliphatic heterocycles. The van der Waals surface area contributed by atoms with Crippen LogP contribution in [0.25, 0.3) is 0 Å². The first-order chi connectivity index (χ1) is 7.63. The maximum Gasteiger partial charge on any atom is 0.217 e. The van der Waals surface area contributed by atoms with Gasteiger partial charge in [-0.1, -0.05) is 13.8 Å². The smallest absolute Gasteiger partial charge is 0.217 e. The van der Waals surface area contributed by atoms with E-state index in [2.05, 4.69) is 39.7 Å². The molecule has 1 heterocycles. The van der Waals surface area contributed by atoms with E-state index < -0.39 is 0 Å². The Morgan fingerprint density at radius 1 is 1.19 bits per heavy atom. The lowest BCUT2D eigenvalue weighted by atomic mass is 9.82. The second kappa shape index (κ2) is 5.13. The summed E-state index contributed by atoms with van der Waals surface area (Å²) in [5.74, 6) is 2.17. The molecule has 88 valence electrons. The van der Waals surface area contributed by atoms with Crippen molar-refractivity contribution in [3.05, 3.63) is 17.0 Å². The highest BCUT2D eigenvalue weighted by atomic mass is 79.9. The number of hydrogen-bond acceptors (Lipinski definition) is 3. The Morgan fingerprint density at radius 2 is 1.88 bits per heavy atom. The van der Waals surface area contributed by atoms with E-state index >= 15 is 0 Å². The van der Waals surface area contributed by atoms with Crippen molar-refractivity contribution < 1.29 is 4.74 Å². The topological polar surface area (TPSA) is 35.0 Å². The van der Waals surface area contributed by atoms with E-state index in [0.29, 0.717) is 12.0 Å². The Kier molecular flexibility index (Phi) is 3.79. The predicted octanol–water partition coefficient (Wildman–Crippen LogP) is 3.44. The summed E-state index contributed by atoms with van der Waals surface area (Å²) in [6, 6.07) is 1.82. The number of hydrogen-bond donors (Lipinski definition) is 0. The molecule has 0 N–H and O–H groups in total. The van der Waals surface area contributed by atoms with Gasteiger partial charge in [-0.15, -0.1) is 0 Å². The van der Waals surface area contributed by atoms with Gasteiger partial charge in [-0.25, -0.2) is 9.97 Å². The van der Waals surface area contributed by atoms with Crippen molar-refractivity contribution in [3.63, 3.8) is 0 Å². The fraction of sp³-hybridized carbons (Fsp3) is 0.667. The van der Waals surface area contributed by atoms with Crippen molar-refractivity contribution in [3.8, 4) is 5.88 Å². The highest BCUT2D eigenvalue weighted by molar-refractivity contribution is 9.10. The van der Waals surface area contributed by atoms with Gasteiger partial charge in [-0.2, -0.15) is 0 Å². The maximum absolute atomic E-state index is 5.90. The van der Waals surface area contributed by atoms with Gasteiger partial charge in [0, 0.05) is 6.07 Å². The summed E-state index contributed by atoms with van der Waals surface area (Å²) in [4.78, 5) is 8.11. The van der Waals surface area contributed by atoms with Gasteiger partial charge in [0.2, 0.25) is 5.88 Å². The third-order valence-electron chi connectivity index (χ3n) is 3.03. The van der Waals surface area contributed by atoms with Gasteiger partial charge in [-0.3, -0.25) is 0 Å². The summed E-state index contributed by atoms with van der Waals surface area (Å²) < 4.78 is 6.67. The summed E-state index contributed by atoms with van der Waals surface area (Å²) in [5, 5.41) is 0. The lowest BCUT2D eigenvalue weighted by Crippen LogP contribution is -2.28. The van der Waals surface area contributed by atoms with Crippen LogP contribution in [0.15, 0.2) is 17.0 Å². The molecule has 2 atom stereocenters. The molecule has 0 saturated heterocycles. The van der Waals surface area contributed by atoms with Gasteiger partial charge in [0.1, 0.15) is 17.0 Å². The first-order valence-electron chi connectivity index (χ1n) is 5.77. The summed E-state index contributed by atoms with van der Waals surface area (Å²) >= 11 is 3.32. The number of rotatable bonds is 2. The number of aromatic nitrogens is 2. The minimum atomic E-state index is 0.306. The first kappa shape index (κ1) is 11.8. The van der Waals surface area contributed by atoms with E-state index in [1.165, 1.54) is 12.7 Å². The Labute approximate surface area is 105 Å². The van der Waals surface area contributed by atoms with Crippen molar-refractivity contribution in [1.29, 1.82) is 0 Å². The minimum Gasteiger partial charge on any atom is -0.474 e. The Hall–Kier alpha value is -0.640. The molecule has 0 spiro atoms. The number of ether oxygens (including phenoxy) is 1. The molecule has 0 bridgehead atoms. The average Bonchev–Trinajstić information content (AvgIpc) is 2.15. The Morgan fingerprint density at radius 3 is 2.50 bits per heavy atom. The van der Waals surface area contributed by atoms with Crippen LogP contribution in [0.3, 0.4) is 0 Å². The largest absolute Gasteiger partial charge is 0.474 e. The fourth-order valence-corrected chi connectivity index (χ4v) is 2.81. The second-order valence-corrected chi connectivity index (χ2v) is 5.65. The molecule has 4 heteroatoms. The van der Waals surface area contributed by atoms with Crippen molar-refractivity contribution >= 4 is 15.9 Å². The molecular weight excluding hydrogens is 268 g/mol. The molecular formula is C12H17BrN2O. The molecule has 1 fully saturated rings. The molecule has 2 unspecified atom stereocenters. The quantitative estimate of drug-likeness (QED) is 0.781. The van der Waals surface area contributed by atoms with Gasteiger partial charge in [-0.05, 0) is 47.0 Å². The highest BCUT2D eigenvalue weighted by Crippen LogP contribution is 2.30. The van der Waals surface area contributed by atoms with E-state index in [4.69, 9.17) is 4.74 Å². The molecule has 0 radical (unpaired) electrons. The molecule has 1 aliphatic carbocycles. The zero-order valence-corrected chi connectivity index (χ0v) is 11.3. The van der Waals surface area contributed by atoms with Crippen LogP contribution in [0.4, 0.5) is 0 Å². The van der Waals surface area contributed by atoms with Gasteiger partial charge in [0.05, 0.1) is 0 Å². The standard InChI is InChI=1S/C12H17BrN2O/c1-8-3-9(2)5-10(4-8)16-12-6-11(13)14-7-15-12/h6-10H,3-5H2,1-2H3. The van der Waals surface area contributed by atoms with Crippen LogP contribution in [-0.2, 0) is 0 Å². The first-order valence-corrected chi connectivity index (χ1v) is 6.57. The normalized spacial score (nSPS) is 30.1. The monoisotopic (exact) mass is 284 g/mol. The molecule has 0 aromatic carbocycles. The molecule has 0 amide bonds. The van der Waals surface area contributed by atoms with E-state index in [-0.39, 0.29) is 0 Å². The molecule has 1 aromatic rings. The van der Waals surface area contributed by atoms with E-state index in [1.54, 1.807) is 0 Å². The van der Waals surface area contributed by atoms with Crippen molar-refractivity contribution in [2.75, 3.05) is 0 Å². The van der Waals surface area contributed by atoms with Gasteiger partial charge in [0.15, 0.2) is 0 Å². The van der Waals surface area contributed by atoms with Crippen molar-refractivity contribution in [1.82, 2.24) is 9.97 Å².